The molecule has 1 N–H and O–H groups in total. The Labute approximate surface area is 183 Å². The van der Waals surface area contributed by atoms with Crippen LogP contribution in [-0.4, -0.2) is 36.1 Å². The highest BCUT2D eigenvalue weighted by Crippen LogP contribution is 2.33. The molecule has 1 aliphatic heterocycles. The summed E-state index contributed by atoms with van der Waals surface area (Å²) in [5.41, 5.74) is 4.83. The van der Waals surface area contributed by atoms with Gasteiger partial charge in [0.15, 0.2) is 11.5 Å². The van der Waals surface area contributed by atoms with Crippen LogP contribution in [-0.2, 0) is 24.4 Å². The summed E-state index contributed by atoms with van der Waals surface area (Å²) in [5, 5.41) is 10.6. The van der Waals surface area contributed by atoms with Crippen LogP contribution in [0.15, 0.2) is 59.2 Å². The van der Waals surface area contributed by atoms with E-state index in [1.54, 1.807) is 6.26 Å². The molecular weight excluding hydrogens is 394 g/mol. The maximum Gasteiger partial charge on any atom is 0.231 e. The van der Waals surface area contributed by atoms with Gasteiger partial charge < -0.3 is 23.7 Å². The highest BCUT2D eigenvalue weighted by molar-refractivity contribution is 5.44. The summed E-state index contributed by atoms with van der Waals surface area (Å²) in [4.78, 5) is 2.24. The van der Waals surface area contributed by atoms with Gasteiger partial charge in [-0.05, 0) is 54.8 Å². The van der Waals surface area contributed by atoms with Gasteiger partial charge in [-0.3, -0.25) is 4.90 Å². The Bertz CT molecular complexity index is 986. The van der Waals surface area contributed by atoms with Crippen LogP contribution < -0.4 is 9.47 Å². The lowest BCUT2D eigenvalue weighted by atomic mass is 10.0. The van der Waals surface area contributed by atoms with Gasteiger partial charge in [0.1, 0.15) is 12.4 Å². The molecule has 0 amide bonds. The van der Waals surface area contributed by atoms with Crippen molar-refractivity contribution in [1.29, 1.82) is 0 Å². The van der Waals surface area contributed by atoms with Gasteiger partial charge in [-0.25, -0.2) is 0 Å². The third kappa shape index (κ3) is 5.88. The van der Waals surface area contributed by atoms with Gasteiger partial charge in [-0.2, -0.15) is 0 Å². The monoisotopic (exact) mass is 423 g/mol. The predicted octanol–water partition coefficient (Wildman–Crippen LogP) is 4.21. The summed E-state index contributed by atoms with van der Waals surface area (Å²) in [7, 11) is 0. The molecule has 1 aliphatic rings. The van der Waals surface area contributed by atoms with Crippen molar-refractivity contribution in [3.8, 4) is 11.5 Å². The minimum Gasteiger partial charge on any atom is -0.467 e. The Morgan fingerprint density at radius 3 is 2.74 bits per heavy atom. The molecule has 1 atom stereocenters. The molecule has 0 saturated carbocycles. The lowest BCUT2D eigenvalue weighted by Crippen LogP contribution is -2.34. The highest BCUT2D eigenvalue weighted by atomic mass is 16.7. The lowest BCUT2D eigenvalue weighted by Gasteiger charge is -2.26. The zero-order chi connectivity index (χ0) is 21.6. The predicted molar refractivity (Wildman–Crippen MR) is 117 cm³/mol. The van der Waals surface area contributed by atoms with E-state index in [1.165, 1.54) is 16.7 Å². The molecule has 0 radical (unpaired) electrons. The van der Waals surface area contributed by atoms with Gasteiger partial charge in [0, 0.05) is 19.6 Å². The number of furan rings is 1. The van der Waals surface area contributed by atoms with E-state index in [-0.39, 0.29) is 13.4 Å². The molecule has 0 spiro atoms. The molecule has 164 valence electrons. The Morgan fingerprint density at radius 1 is 1.03 bits per heavy atom. The number of fused-ring (bicyclic) bond motifs is 1. The van der Waals surface area contributed by atoms with E-state index in [1.807, 2.05) is 30.3 Å². The smallest absolute Gasteiger partial charge is 0.231 e. The topological polar surface area (TPSA) is 64.3 Å². The summed E-state index contributed by atoms with van der Waals surface area (Å²) in [6.07, 6.45) is 1.00. The molecule has 0 aliphatic carbocycles. The molecule has 6 heteroatoms. The zero-order valence-corrected chi connectivity index (χ0v) is 18.0. The van der Waals surface area contributed by atoms with Gasteiger partial charge in [0.05, 0.1) is 19.0 Å². The summed E-state index contributed by atoms with van der Waals surface area (Å²) in [6.45, 7) is 6.97. The van der Waals surface area contributed by atoms with Gasteiger partial charge in [-0.15, -0.1) is 0 Å². The third-order valence-electron chi connectivity index (χ3n) is 5.35. The van der Waals surface area contributed by atoms with Crippen LogP contribution in [0.1, 0.15) is 28.0 Å². The molecule has 6 nitrogen and oxygen atoms in total. The fourth-order valence-electron chi connectivity index (χ4n) is 3.74. The quantitative estimate of drug-likeness (QED) is 0.527. The lowest BCUT2D eigenvalue weighted by molar-refractivity contribution is 0.00250. The van der Waals surface area contributed by atoms with Crippen molar-refractivity contribution >= 4 is 0 Å². The van der Waals surface area contributed by atoms with E-state index in [0.29, 0.717) is 19.7 Å². The molecule has 1 aromatic heterocycles. The first kappa shape index (κ1) is 21.4. The third-order valence-corrected chi connectivity index (χ3v) is 5.35. The molecule has 0 saturated heterocycles. The number of aliphatic hydroxyl groups excluding tert-OH is 1. The normalized spacial score (nSPS) is 13.7. The van der Waals surface area contributed by atoms with E-state index in [2.05, 4.69) is 36.9 Å². The van der Waals surface area contributed by atoms with E-state index in [4.69, 9.17) is 18.6 Å². The second-order valence-corrected chi connectivity index (χ2v) is 8.04. The van der Waals surface area contributed by atoms with Crippen molar-refractivity contribution in [2.75, 3.05) is 19.9 Å². The Balaban J connectivity index is 1.42. The Morgan fingerprint density at radius 2 is 1.90 bits per heavy atom. The van der Waals surface area contributed by atoms with Crippen LogP contribution in [0.4, 0.5) is 0 Å². The fraction of sp³-hybridized carbons (Fsp3) is 0.360. The van der Waals surface area contributed by atoms with Gasteiger partial charge in [0.2, 0.25) is 6.79 Å². The number of aryl methyl sites for hydroxylation is 2. The van der Waals surface area contributed by atoms with Gasteiger partial charge in [-0.1, -0.05) is 29.8 Å². The minimum absolute atomic E-state index is 0.241. The van der Waals surface area contributed by atoms with Crippen LogP contribution in [0.3, 0.4) is 0 Å². The average molecular weight is 424 g/mol. The highest BCUT2D eigenvalue weighted by Gasteiger charge is 2.18. The number of hydrogen-bond donors (Lipinski definition) is 1. The van der Waals surface area contributed by atoms with E-state index >= 15 is 0 Å². The average Bonchev–Trinajstić information content (AvgIpc) is 3.42. The van der Waals surface area contributed by atoms with E-state index in [9.17, 15) is 5.11 Å². The number of rotatable bonds is 10. The van der Waals surface area contributed by atoms with Crippen molar-refractivity contribution in [1.82, 2.24) is 4.90 Å². The first-order valence-electron chi connectivity index (χ1n) is 10.5. The fourth-order valence-corrected chi connectivity index (χ4v) is 3.74. The first-order valence-corrected chi connectivity index (χ1v) is 10.5. The summed E-state index contributed by atoms with van der Waals surface area (Å²) < 4.78 is 21.9. The van der Waals surface area contributed by atoms with Gasteiger partial charge >= 0.3 is 0 Å². The number of nitrogens with zero attached hydrogens (tertiary/aromatic N) is 1. The van der Waals surface area contributed by atoms with Crippen LogP contribution in [0, 0.1) is 13.8 Å². The number of aliphatic hydroxyl groups is 1. The molecule has 0 bridgehead atoms. The van der Waals surface area contributed by atoms with Crippen molar-refractivity contribution < 1.29 is 23.7 Å². The maximum atomic E-state index is 10.6. The Kier molecular flexibility index (Phi) is 6.92. The second-order valence-electron chi connectivity index (χ2n) is 8.04. The largest absolute Gasteiger partial charge is 0.467 e. The molecule has 4 rings (SSSR count). The molecule has 0 unspecified atom stereocenters. The Hall–Kier alpha value is -2.80. The summed E-state index contributed by atoms with van der Waals surface area (Å²) in [5.74, 6) is 2.29. The first-order chi connectivity index (χ1) is 15.1. The summed E-state index contributed by atoms with van der Waals surface area (Å²) >= 11 is 0. The van der Waals surface area contributed by atoms with Crippen molar-refractivity contribution in [2.24, 2.45) is 0 Å². The molecule has 31 heavy (non-hydrogen) atoms. The molecule has 2 aromatic carbocycles. The van der Waals surface area contributed by atoms with E-state index < -0.39 is 6.10 Å². The maximum absolute atomic E-state index is 10.6. The van der Waals surface area contributed by atoms with Crippen LogP contribution in [0.25, 0.3) is 0 Å². The summed E-state index contributed by atoms with van der Waals surface area (Å²) in [6, 6.07) is 16.2. The minimum atomic E-state index is -0.617. The number of ether oxygens (including phenoxy) is 3. The van der Waals surface area contributed by atoms with Gasteiger partial charge in [0.25, 0.3) is 0 Å². The molecule has 3 aromatic rings. The second kappa shape index (κ2) is 10.0. The number of benzene rings is 2. The molecule has 0 fully saturated rings. The standard InChI is InChI=1S/C25H29NO5/c1-18-5-6-19(2)21(10-18)13-26(12-20-7-8-24-25(11-20)31-17-30-24)14-22(27)15-28-16-23-4-3-9-29-23/h3-11,22,27H,12-17H2,1-2H3/t22-/m1/s1. The van der Waals surface area contributed by atoms with Crippen LogP contribution in [0.5, 0.6) is 11.5 Å². The van der Waals surface area contributed by atoms with Crippen LogP contribution in [0.2, 0.25) is 0 Å². The van der Waals surface area contributed by atoms with Crippen molar-refractivity contribution in [3.63, 3.8) is 0 Å². The SMILES string of the molecule is Cc1ccc(C)c(CN(Cc2ccc3c(c2)OCO3)C[C@@H](O)COCc2ccco2)c1. The number of hydrogen-bond acceptors (Lipinski definition) is 6. The van der Waals surface area contributed by atoms with Crippen LogP contribution >= 0.6 is 0 Å². The molecular formula is C25H29NO5. The molecule has 2 heterocycles. The zero-order valence-electron chi connectivity index (χ0n) is 18.0. The van der Waals surface area contributed by atoms with E-state index in [0.717, 1.165) is 29.4 Å². The van der Waals surface area contributed by atoms with Crippen molar-refractivity contribution in [2.45, 2.75) is 39.6 Å². The van der Waals surface area contributed by atoms with Crippen molar-refractivity contribution in [3.05, 3.63) is 82.8 Å².